The van der Waals surface area contributed by atoms with Crippen molar-refractivity contribution in [3.63, 3.8) is 0 Å². The molecule has 3 aliphatic rings. The van der Waals surface area contributed by atoms with Crippen LogP contribution in [0.2, 0.25) is 0 Å². The van der Waals surface area contributed by atoms with E-state index in [-0.39, 0.29) is 18.1 Å². The van der Waals surface area contributed by atoms with Crippen molar-refractivity contribution in [2.45, 2.75) is 32.5 Å². The molecule has 4 atom stereocenters. The molecule has 0 saturated carbocycles. The third-order valence-corrected chi connectivity index (χ3v) is 4.78. The highest BCUT2D eigenvalue weighted by molar-refractivity contribution is 7.42. The van der Waals surface area contributed by atoms with Crippen LogP contribution in [0.5, 0.6) is 0 Å². The molecule has 3 saturated heterocycles. The summed E-state index contributed by atoms with van der Waals surface area (Å²) in [7, 11) is -1.23. The van der Waals surface area contributed by atoms with Crippen LogP contribution in [-0.4, -0.2) is 30.0 Å². The molecule has 5 heteroatoms. The van der Waals surface area contributed by atoms with Gasteiger partial charge in [-0.25, -0.2) is 0 Å². The minimum absolute atomic E-state index is 0.0133. The maximum atomic E-state index is 9.33. The summed E-state index contributed by atoms with van der Waals surface area (Å²) in [5, 5.41) is 9.33. The average Bonchev–Trinajstić information content (AvgIpc) is 2.09. The Bertz CT molecular complexity index is 224. The van der Waals surface area contributed by atoms with E-state index >= 15 is 0 Å². The summed E-state index contributed by atoms with van der Waals surface area (Å²) >= 11 is 0. The van der Waals surface area contributed by atoms with Gasteiger partial charge in [0.15, 0.2) is 0 Å². The van der Waals surface area contributed by atoms with Gasteiger partial charge < -0.3 is 18.7 Å². The summed E-state index contributed by atoms with van der Waals surface area (Å²) in [6.45, 7) is 6.58. The van der Waals surface area contributed by atoms with Crippen LogP contribution in [0.3, 0.4) is 0 Å². The fraction of sp³-hybridized carbons (Fsp3) is 1.00. The van der Waals surface area contributed by atoms with Crippen LogP contribution >= 0.6 is 8.60 Å². The van der Waals surface area contributed by atoms with Crippen molar-refractivity contribution in [1.29, 1.82) is 0 Å². The van der Waals surface area contributed by atoms with Crippen molar-refractivity contribution in [3.05, 3.63) is 0 Å². The number of aliphatic hydroxyl groups is 1. The smallest absolute Gasteiger partial charge is 0.333 e. The van der Waals surface area contributed by atoms with Crippen molar-refractivity contribution in [3.8, 4) is 0 Å². The normalized spacial score (nSPS) is 55.4. The quantitative estimate of drug-likeness (QED) is 0.659. The molecular weight excluding hydrogens is 191 g/mol. The second-order valence-corrected chi connectivity index (χ2v) is 5.24. The molecule has 0 spiro atoms. The van der Waals surface area contributed by atoms with Crippen LogP contribution < -0.4 is 0 Å². The molecule has 0 amide bonds. The van der Waals surface area contributed by atoms with Crippen LogP contribution in [0.25, 0.3) is 0 Å². The van der Waals surface area contributed by atoms with Crippen LogP contribution in [-0.2, 0) is 13.6 Å². The Morgan fingerprint density at radius 3 is 2.69 bits per heavy atom. The van der Waals surface area contributed by atoms with Crippen LogP contribution in [0.1, 0.15) is 20.8 Å². The molecule has 4 unspecified atom stereocenters. The van der Waals surface area contributed by atoms with Crippen molar-refractivity contribution in [2.24, 2.45) is 5.41 Å². The van der Waals surface area contributed by atoms with Gasteiger partial charge in [-0.2, -0.15) is 0 Å². The fourth-order valence-electron chi connectivity index (χ4n) is 1.69. The molecule has 1 N–H and O–H groups in total. The van der Waals surface area contributed by atoms with Crippen molar-refractivity contribution in [1.82, 2.24) is 0 Å². The molecule has 4 nitrogen and oxygen atoms in total. The standard InChI is InChI=1S/C8H15O4P/c1-6-7(2)5-10-13(11-6)12-8(7,3)4-9/h6,9H,4-5H2,1-3H3. The summed E-state index contributed by atoms with van der Waals surface area (Å²) in [4.78, 5) is 0. The fourth-order valence-corrected chi connectivity index (χ4v) is 3.31. The maximum Gasteiger partial charge on any atom is 0.333 e. The van der Waals surface area contributed by atoms with Gasteiger partial charge in [0.05, 0.1) is 19.3 Å². The molecule has 0 aromatic heterocycles. The number of aliphatic hydroxyl groups excluding tert-OH is 1. The summed E-state index contributed by atoms with van der Waals surface area (Å²) in [5.41, 5.74) is -0.770. The molecule has 3 rings (SSSR count). The first-order chi connectivity index (χ1) is 6.02. The Balaban J connectivity index is 2.32. The molecule has 0 aromatic rings. The van der Waals surface area contributed by atoms with Crippen molar-refractivity contribution >= 4 is 8.60 Å². The summed E-state index contributed by atoms with van der Waals surface area (Å²) in [6.07, 6.45) is 0.0817. The van der Waals surface area contributed by atoms with E-state index in [9.17, 15) is 5.11 Å². The minimum Gasteiger partial charge on any atom is -0.393 e. The number of hydrogen-bond acceptors (Lipinski definition) is 4. The first-order valence-corrected chi connectivity index (χ1v) is 5.51. The number of fused-ring (bicyclic) bond motifs is 3. The van der Waals surface area contributed by atoms with Gasteiger partial charge >= 0.3 is 8.60 Å². The van der Waals surface area contributed by atoms with Gasteiger partial charge in [-0.1, -0.05) is 6.92 Å². The Morgan fingerprint density at radius 1 is 1.54 bits per heavy atom. The second kappa shape index (κ2) is 2.88. The Morgan fingerprint density at radius 2 is 2.23 bits per heavy atom. The monoisotopic (exact) mass is 206 g/mol. The molecule has 0 aromatic carbocycles. The van der Waals surface area contributed by atoms with Gasteiger partial charge in [0, 0.05) is 5.41 Å². The van der Waals surface area contributed by atoms with Crippen LogP contribution in [0.15, 0.2) is 0 Å². The first-order valence-electron chi connectivity index (χ1n) is 4.42. The third kappa shape index (κ3) is 1.17. The molecule has 3 fully saturated rings. The van der Waals surface area contributed by atoms with E-state index in [1.165, 1.54) is 0 Å². The Kier molecular flexibility index (Phi) is 2.17. The Labute approximate surface area is 79.2 Å². The first kappa shape index (κ1) is 9.81. The lowest BCUT2D eigenvalue weighted by Crippen LogP contribution is -2.62. The van der Waals surface area contributed by atoms with Crippen LogP contribution in [0.4, 0.5) is 0 Å². The molecule has 0 radical (unpaired) electrons. The lowest BCUT2D eigenvalue weighted by atomic mass is 9.71. The zero-order valence-electron chi connectivity index (χ0n) is 8.11. The predicted octanol–water partition coefficient (Wildman–Crippen LogP) is 1.44. The molecule has 2 bridgehead atoms. The lowest BCUT2D eigenvalue weighted by Gasteiger charge is -2.56. The van der Waals surface area contributed by atoms with E-state index in [0.29, 0.717) is 6.61 Å². The molecule has 3 heterocycles. The van der Waals surface area contributed by atoms with E-state index in [1.54, 1.807) is 0 Å². The molecule has 76 valence electrons. The van der Waals surface area contributed by atoms with Crippen LogP contribution in [0, 0.1) is 5.41 Å². The van der Waals surface area contributed by atoms with Crippen molar-refractivity contribution < 1.29 is 18.7 Å². The van der Waals surface area contributed by atoms with Gasteiger partial charge in [-0.15, -0.1) is 0 Å². The lowest BCUT2D eigenvalue weighted by molar-refractivity contribution is -0.210. The van der Waals surface area contributed by atoms with Gasteiger partial charge in [-0.3, -0.25) is 0 Å². The maximum absolute atomic E-state index is 9.33. The van der Waals surface area contributed by atoms with Gasteiger partial charge in [0.2, 0.25) is 0 Å². The van der Waals surface area contributed by atoms with Gasteiger partial charge in [0.25, 0.3) is 0 Å². The molecular formula is C8H15O4P. The molecule has 13 heavy (non-hydrogen) atoms. The highest BCUT2D eigenvalue weighted by Crippen LogP contribution is 2.63. The number of hydrogen-bond donors (Lipinski definition) is 1. The summed E-state index contributed by atoms with van der Waals surface area (Å²) in [5.74, 6) is 0. The van der Waals surface area contributed by atoms with E-state index in [0.717, 1.165) is 0 Å². The topological polar surface area (TPSA) is 47.9 Å². The SMILES string of the molecule is CC1OP2OCC1(C)C(C)(CO)O2. The van der Waals surface area contributed by atoms with E-state index < -0.39 is 14.2 Å². The summed E-state index contributed by atoms with van der Waals surface area (Å²) < 4.78 is 16.4. The third-order valence-electron chi connectivity index (χ3n) is 3.40. The largest absolute Gasteiger partial charge is 0.393 e. The minimum atomic E-state index is -1.23. The highest BCUT2D eigenvalue weighted by atomic mass is 31.2. The van der Waals surface area contributed by atoms with Gasteiger partial charge in [-0.05, 0) is 13.8 Å². The second-order valence-electron chi connectivity index (χ2n) is 4.14. The molecule has 0 aliphatic carbocycles. The van der Waals surface area contributed by atoms with Crippen molar-refractivity contribution in [2.75, 3.05) is 13.2 Å². The van der Waals surface area contributed by atoms with Gasteiger partial charge in [0.1, 0.15) is 5.60 Å². The predicted molar refractivity (Wildman–Crippen MR) is 48.1 cm³/mol. The van der Waals surface area contributed by atoms with E-state index in [1.807, 2.05) is 20.8 Å². The Hall–Kier alpha value is 0.270. The van der Waals surface area contributed by atoms with E-state index in [4.69, 9.17) is 13.6 Å². The zero-order valence-corrected chi connectivity index (χ0v) is 9.01. The highest BCUT2D eigenvalue weighted by Gasteiger charge is 2.60. The zero-order chi connectivity index (χ0) is 9.69. The average molecular weight is 206 g/mol. The van der Waals surface area contributed by atoms with E-state index in [2.05, 4.69) is 0 Å². The number of rotatable bonds is 1. The molecule has 3 aliphatic heterocycles. The summed E-state index contributed by atoms with van der Waals surface area (Å²) in [6, 6.07) is 0.